The largest absolute Gasteiger partial charge is 0.371 e. The lowest BCUT2D eigenvalue weighted by atomic mass is 10.2. The standard InChI is InChI=1S/C13H15BrNO3P/c1-3-17-19(16,18-4-2)13(10-15)9-11-6-5-7-12(14)8-11/h5-9H,3-4H2,1-2H3/b13-9-. The fourth-order valence-electron chi connectivity index (χ4n) is 1.44. The van der Waals surface area contributed by atoms with Gasteiger partial charge >= 0.3 is 7.60 Å². The molecule has 0 aliphatic rings. The molecule has 1 rings (SSSR count). The SMILES string of the molecule is CCOP(=O)(OCC)/C(C#N)=C\c1cccc(Br)c1. The molecule has 102 valence electrons. The van der Waals surface area contributed by atoms with E-state index in [9.17, 15) is 9.83 Å². The summed E-state index contributed by atoms with van der Waals surface area (Å²) in [7, 11) is -3.53. The fraction of sp³-hybridized carbons (Fsp3) is 0.308. The highest BCUT2D eigenvalue weighted by atomic mass is 79.9. The van der Waals surface area contributed by atoms with Crippen molar-refractivity contribution in [3.8, 4) is 6.07 Å². The first-order valence-corrected chi connectivity index (χ1v) is 8.16. The maximum atomic E-state index is 12.5. The summed E-state index contributed by atoms with van der Waals surface area (Å²) in [6.07, 6.45) is 1.52. The maximum absolute atomic E-state index is 12.5. The minimum Gasteiger partial charge on any atom is -0.305 e. The number of hydrogen-bond donors (Lipinski definition) is 0. The molecule has 0 aliphatic carbocycles. The lowest BCUT2D eigenvalue weighted by Gasteiger charge is -2.15. The molecule has 0 bridgehead atoms. The summed E-state index contributed by atoms with van der Waals surface area (Å²) in [5, 5.41) is 9.19. The molecule has 0 aromatic heterocycles. The molecule has 0 aliphatic heterocycles. The Labute approximate surface area is 121 Å². The predicted molar refractivity (Wildman–Crippen MR) is 78.6 cm³/mol. The average Bonchev–Trinajstić information content (AvgIpc) is 2.36. The van der Waals surface area contributed by atoms with Gasteiger partial charge in [0.05, 0.1) is 13.2 Å². The zero-order valence-electron chi connectivity index (χ0n) is 10.8. The monoisotopic (exact) mass is 343 g/mol. The Bertz CT molecular complexity index is 541. The van der Waals surface area contributed by atoms with E-state index < -0.39 is 7.60 Å². The predicted octanol–water partition coefficient (Wildman–Crippen LogP) is 4.58. The van der Waals surface area contributed by atoms with Crippen molar-refractivity contribution in [2.75, 3.05) is 13.2 Å². The number of rotatable bonds is 6. The normalized spacial score (nSPS) is 12.2. The van der Waals surface area contributed by atoms with Crippen molar-refractivity contribution in [2.24, 2.45) is 0 Å². The van der Waals surface area contributed by atoms with Gasteiger partial charge < -0.3 is 9.05 Å². The third kappa shape index (κ3) is 4.59. The molecule has 0 heterocycles. The minimum absolute atomic E-state index is 0.00861. The van der Waals surface area contributed by atoms with Gasteiger partial charge in [-0.1, -0.05) is 28.1 Å². The molecule has 0 saturated heterocycles. The van der Waals surface area contributed by atoms with Crippen LogP contribution in [0.4, 0.5) is 0 Å². The van der Waals surface area contributed by atoms with Crippen LogP contribution in [0.3, 0.4) is 0 Å². The maximum Gasteiger partial charge on any atom is 0.371 e. The van der Waals surface area contributed by atoms with Crippen LogP contribution in [0, 0.1) is 11.3 Å². The van der Waals surface area contributed by atoms with Gasteiger partial charge in [-0.25, -0.2) is 0 Å². The lowest BCUT2D eigenvalue weighted by molar-refractivity contribution is 0.227. The van der Waals surface area contributed by atoms with Gasteiger partial charge in [-0.05, 0) is 37.6 Å². The van der Waals surface area contributed by atoms with Crippen LogP contribution in [-0.2, 0) is 13.6 Å². The topological polar surface area (TPSA) is 59.3 Å². The van der Waals surface area contributed by atoms with Gasteiger partial charge in [-0.2, -0.15) is 5.26 Å². The fourth-order valence-corrected chi connectivity index (χ4v) is 3.32. The van der Waals surface area contributed by atoms with Crippen LogP contribution in [0.2, 0.25) is 0 Å². The quantitative estimate of drug-likeness (QED) is 0.560. The summed E-state index contributed by atoms with van der Waals surface area (Å²) < 4.78 is 23.7. The van der Waals surface area contributed by atoms with Crippen molar-refractivity contribution in [1.82, 2.24) is 0 Å². The second-order valence-electron chi connectivity index (χ2n) is 3.53. The third-order valence-corrected chi connectivity index (χ3v) is 4.67. The molecule has 0 spiro atoms. The molecule has 0 saturated carbocycles. The van der Waals surface area contributed by atoms with Crippen molar-refractivity contribution < 1.29 is 13.6 Å². The number of allylic oxidation sites excluding steroid dienone is 1. The molecule has 0 radical (unpaired) electrons. The molecular formula is C13H15BrNO3P. The molecule has 4 nitrogen and oxygen atoms in total. The summed E-state index contributed by atoms with van der Waals surface area (Å²) in [4.78, 5) is 0. The van der Waals surface area contributed by atoms with Gasteiger partial charge in [0.15, 0.2) is 0 Å². The zero-order valence-corrected chi connectivity index (χ0v) is 13.3. The first kappa shape index (κ1) is 16.1. The number of halogens is 1. The number of nitriles is 1. The molecule has 0 unspecified atom stereocenters. The van der Waals surface area contributed by atoms with Gasteiger partial charge in [0.2, 0.25) is 0 Å². The molecule has 0 atom stereocenters. The van der Waals surface area contributed by atoms with Crippen molar-refractivity contribution in [1.29, 1.82) is 5.26 Å². The van der Waals surface area contributed by atoms with Crippen LogP contribution in [0.25, 0.3) is 6.08 Å². The number of nitrogens with zero attached hydrogens (tertiary/aromatic N) is 1. The number of hydrogen-bond acceptors (Lipinski definition) is 4. The summed E-state index contributed by atoms with van der Waals surface area (Å²) in [6, 6.07) is 9.24. The minimum atomic E-state index is -3.53. The van der Waals surface area contributed by atoms with E-state index in [0.29, 0.717) is 0 Å². The van der Waals surface area contributed by atoms with E-state index >= 15 is 0 Å². The molecule has 0 amide bonds. The van der Waals surface area contributed by atoms with Crippen LogP contribution in [0.15, 0.2) is 34.1 Å². The van der Waals surface area contributed by atoms with E-state index in [4.69, 9.17) is 9.05 Å². The van der Waals surface area contributed by atoms with Crippen LogP contribution in [-0.4, -0.2) is 13.2 Å². The highest BCUT2D eigenvalue weighted by Gasteiger charge is 2.29. The van der Waals surface area contributed by atoms with E-state index in [1.54, 1.807) is 13.8 Å². The second-order valence-corrected chi connectivity index (χ2v) is 6.44. The Kier molecular flexibility index (Phi) is 6.47. The van der Waals surface area contributed by atoms with Gasteiger partial charge in [0.25, 0.3) is 0 Å². The molecule has 1 aromatic rings. The Morgan fingerprint density at radius 2 is 2.05 bits per heavy atom. The van der Waals surface area contributed by atoms with E-state index in [1.807, 2.05) is 30.3 Å². The van der Waals surface area contributed by atoms with Crippen molar-refractivity contribution >= 4 is 29.6 Å². The van der Waals surface area contributed by atoms with Gasteiger partial charge in [0, 0.05) is 4.47 Å². The zero-order chi connectivity index (χ0) is 14.3. The second kappa shape index (κ2) is 7.62. The van der Waals surface area contributed by atoms with Gasteiger partial charge in [-0.3, -0.25) is 4.57 Å². The van der Waals surface area contributed by atoms with Crippen LogP contribution in [0.1, 0.15) is 19.4 Å². The summed E-state index contributed by atoms with van der Waals surface area (Å²) in [6.45, 7) is 3.85. The van der Waals surface area contributed by atoms with Crippen molar-refractivity contribution in [3.63, 3.8) is 0 Å². The van der Waals surface area contributed by atoms with E-state index in [1.165, 1.54) is 6.08 Å². The molecule has 19 heavy (non-hydrogen) atoms. The number of benzene rings is 1. The third-order valence-electron chi connectivity index (χ3n) is 2.16. The van der Waals surface area contributed by atoms with Crippen molar-refractivity contribution in [3.05, 3.63) is 39.6 Å². The first-order chi connectivity index (χ1) is 9.05. The Hall–Kier alpha value is -0.920. The lowest BCUT2D eigenvalue weighted by Crippen LogP contribution is -1.97. The molecule has 0 fully saturated rings. The Morgan fingerprint density at radius 3 is 2.53 bits per heavy atom. The van der Waals surface area contributed by atoms with Crippen LogP contribution < -0.4 is 0 Å². The van der Waals surface area contributed by atoms with Crippen molar-refractivity contribution in [2.45, 2.75) is 13.8 Å². The van der Waals surface area contributed by atoms with E-state index in [2.05, 4.69) is 15.9 Å². The average molecular weight is 344 g/mol. The highest BCUT2D eigenvalue weighted by Crippen LogP contribution is 2.56. The van der Waals surface area contributed by atoms with Gasteiger partial charge in [-0.15, -0.1) is 0 Å². The molecule has 1 aromatic carbocycles. The molecular weight excluding hydrogens is 329 g/mol. The summed E-state index contributed by atoms with van der Waals surface area (Å²) in [5.41, 5.74) is 0.755. The molecule has 0 N–H and O–H groups in total. The van der Waals surface area contributed by atoms with Crippen LogP contribution in [0.5, 0.6) is 0 Å². The highest BCUT2D eigenvalue weighted by molar-refractivity contribution is 9.10. The summed E-state index contributed by atoms with van der Waals surface area (Å²) >= 11 is 3.34. The van der Waals surface area contributed by atoms with E-state index in [-0.39, 0.29) is 18.5 Å². The Morgan fingerprint density at radius 1 is 1.42 bits per heavy atom. The van der Waals surface area contributed by atoms with Gasteiger partial charge in [0.1, 0.15) is 11.4 Å². The van der Waals surface area contributed by atoms with Crippen LogP contribution >= 0.6 is 23.5 Å². The Balaban J connectivity index is 3.18. The summed E-state index contributed by atoms with van der Waals surface area (Å²) in [5.74, 6) is 0. The van der Waals surface area contributed by atoms with E-state index in [0.717, 1.165) is 10.0 Å². The first-order valence-electron chi connectivity index (χ1n) is 5.82. The smallest absolute Gasteiger partial charge is 0.305 e. The molecule has 6 heteroatoms.